The molecule has 1 aromatic carbocycles. The van der Waals surface area contributed by atoms with Gasteiger partial charge in [-0.1, -0.05) is 36.9 Å². The molecule has 0 aliphatic carbocycles. The van der Waals surface area contributed by atoms with Crippen molar-refractivity contribution in [2.45, 2.75) is 19.4 Å². The maximum absolute atomic E-state index is 5.48. The highest BCUT2D eigenvalue weighted by Gasteiger charge is 2.24. The van der Waals surface area contributed by atoms with Crippen LogP contribution in [0.4, 0.5) is 0 Å². The summed E-state index contributed by atoms with van der Waals surface area (Å²) in [4.78, 5) is 4.46. The van der Waals surface area contributed by atoms with Gasteiger partial charge in [-0.2, -0.15) is 0 Å². The lowest BCUT2D eigenvalue weighted by Crippen LogP contribution is -2.17. The second-order valence-electron chi connectivity index (χ2n) is 4.76. The van der Waals surface area contributed by atoms with Gasteiger partial charge in [0.1, 0.15) is 6.61 Å². The van der Waals surface area contributed by atoms with E-state index in [0.29, 0.717) is 12.5 Å². The molecule has 1 aliphatic heterocycles. The van der Waals surface area contributed by atoms with Crippen LogP contribution < -0.4 is 0 Å². The minimum Gasteiger partial charge on any atom is -0.475 e. The van der Waals surface area contributed by atoms with Crippen molar-refractivity contribution >= 4 is 18.0 Å². The van der Waals surface area contributed by atoms with E-state index in [2.05, 4.69) is 25.4 Å². The zero-order chi connectivity index (χ0) is 12.3. The van der Waals surface area contributed by atoms with E-state index in [1.54, 1.807) is 0 Å². The minimum absolute atomic E-state index is 0.0909. The molecular formula is C15H17NO. The molecule has 0 atom stereocenters. The van der Waals surface area contributed by atoms with E-state index < -0.39 is 0 Å². The van der Waals surface area contributed by atoms with Gasteiger partial charge in [-0.05, 0) is 31.1 Å². The maximum Gasteiger partial charge on any atom is 0.209 e. The van der Waals surface area contributed by atoms with E-state index in [4.69, 9.17) is 4.74 Å². The van der Waals surface area contributed by atoms with Crippen LogP contribution in [0.2, 0.25) is 0 Å². The molecule has 0 bridgehead atoms. The van der Waals surface area contributed by atoms with Crippen molar-refractivity contribution in [3.8, 4) is 0 Å². The fourth-order valence-electron chi connectivity index (χ4n) is 1.61. The lowest BCUT2D eigenvalue weighted by Gasteiger charge is -2.07. The second-order valence-corrected chi connectivity index (χ2v) is 4.76. The Balaban J connectivity index is 2.08. The number of aliphatic imine (C=N–C) groups is 1. The molecule has 0 unspecified atom stereocenters. The van der Waals surface area contributed by atoms with Gasteiger partial charge in [-0.3, -0.25) is 0 Å². The standard InChI is InChI=1S/C15H17NO/c1-4-12-5-7-13(8-6-12)9-10-14-16-15(2,3)11-17-14/h4-10H,1,11H2,2-3H3. The molecule has 2 rings (SSSR count). The summed E-state index contributed by atoms with van der Waals surface area (Å²) >= 11 is 0. The summed E-state index contributed by atoms with van der Waals surface area (Å²) in [5, 5.41) is 0. The smallest absolute Gasteiger partial charge is 0.209 e. The van der Waals surface area contributed by atoms with Crippen LogP contribution in [-0.4, -0.2) is 18.0 Å². The van der Waals surface area contributed by atoms with Gasteiger partial charge in [0, 0.05) is 6.08 Å². The zero-order valence-electron chi connectivity index (χ0n) is 10.3. The number of hydrogen-bond donors (Lipinski definition) is 0. The molecule has 0 aromatic heterocycles. The Bertz CT molecular complexity index is 466. The molecule has 0 radical (unpaired) electrons. The van der Waals surface area contributed by atoms with Crippen LogP contribution in [0.5, 0.6) is 0 Å². The third-order valence-electron chi connectivity index (χ3n) is 2.58. The number of rotatable bonds is 3. The Morgan fingerprint density at radius 1 is 1.18 bits per heavy atom. The average Bonchev–Trinajstić information content (AvgIpc) is 2.67. The fourth-order valence-corrected chi connectivity index (χ4v) is 1.61. The van der Waals surface area contributed by atoms with Crippen LogP contribution in [0.3, 0.4) is 0 Å². The predicted molar refractivity (Wildman–Crippen MR) is 73.0 cm³/mol. The molecule has 1 aromatic rings. The first-order chi connectivity index (χ1) is 8.09. The van der Waals surface area contributed by atoms with Crippen LogP contribution in [-0.2, 0) is 4.74 Å². The monoisotopic (exact) mass is 227 g/mol. The van der Waals surface area contributed by atoms with Crippen molar-refractivity contribution < 1.29 is 4.74 Å². The summed E-state index contributed by atoms with van der Waals surface area (Å²) in [6.45, 7) is 8.51. The molecular weight excluding hydrogens is 210 g/mol. The minimum atomic E-state index is -0.0909. The first kappa shape index (κ1) is 11.6. The zero-order valence-corrected chi connectivity index (χ0v) is 10.3. The van der Waals surface area contributed by atoms with Gasteiger partial charge >= 0.3 is 0 Å². The van der Waals surface area contributed by atoms with Gasteiger partial charge in [0.15, 0.2) is 0 Å². The van der Waals surface area contributed by atoms with Crippen molar-refractivity contribution in [1.82, 2.24) is 0 Å². The van der Waals surface area contributed by atoms with E-state index in [-0.39, 0.29) is 5.54 Å². The third kappa shape index (κ3) is 3.06. The second kappa shape index (κ2) is 4.58. The lowest BCUT2D eigenvalue weighted by molar-refractivity contribution is 0.280. The Morgan fingerprint density at radius 3 is 2.35 bits per heavy atom. The van der Waals surface area contributed by atoms with Gasteiger partial charge in [0.2, 0.25) is 5.90 Å². The Morgan fingerprint density at radius 2 is 1.82 bits per heavy atom. The van der Waals surface area contributed by atoms with Crippen LogP contribution in [0.1, 0.15) is 25.0 Å². The molecule has 0 fully saturated rings. The number of hydrogen-bond acceptors (Lipinski definition) is 2. The number of nitrogens with zero attached hydrogens (tertiary/aromatic N) is 1. The topological polar surface area (TPSA) is 21.6 Å². The van der Waals surface area contributed by atoms with Crippen LogP contribution >= 0.6 is 0 Å². The lowest BCUT2D eigenvalue weighted by atomic mass is 10.1. The van der Waals surface area contributed by atoms with E-state index >= 15 is 0 Å². The van der Waals surface area contributed by atoms with E-state index in [1.807, 2.05) is 42.5 Å². The summed E-state index contributed by atoms with van der Waals surface area (Å²) in [5.74, 6) is 0.711. The Kier molecular flexibility index (Phi) is 3.14. The maximum atomic E-state index is 5.48. The normalized spacial score (nSPS) is 17.9. The molecule has 0 saturated carbocycles. The van der Waals surface area contributed by atoms with Crippen molar-refractivity contribution in [3.05, 3.63) is 48.0 Å². The summed E-state index contributed by atoms with van der Waals surface area (Å²) < 4.78 is 5.48. The van der Waals surface area contributed by atoms with Crippen LogP contribution in [0, 0.1) is 0 Å². The van der Waals surface area contributed by atoms with Gasteiger partial charge in [0.25, 0.3) is 0 Å². The molecule has 0 amide bonds. The molecule has 2 nitrogen and oxygen atoms in total. The number of ether oxygens (including phenoxy) is 1. The van der Waals surface area contributed by atoms with Gasteiger partial charge < -0.3 is 4.74 Å². The van der Waals surface area contributed by atoms with Crippen molar-refractivity contribution in [2.75, 3.05) is 6.61 Å². The highest BCUT2D eigenvalue weighted by Crippen LogP contribution is 2.17. The Hall–Kier alpha value is -1.83. The molecule has 17 heavy (non-hydrogen) atoms. The first-order valence-corrected chi connectivity index (χ1v) is 5.72. The molecule has 1 heterocycles. The average molecular weight is 227 g/mol. The highest BCUT2D eigenvalue weighted by molar-refractivity contribution is 5.93. The summed E-state index contributed by atoms with van der Waals surface area (Å²) in [6, 6.07) is 8.17. The third-order valence-corrected chi connectivity index (χ3v) is 2.58. The SMILES string of the molecule is C=Cc1ccc(C=CC2=NC(C)(C)CO2)cc1. The summed E-state index contributed by atoms with van der Waals surface area (Å²) in [6.07, 6.45) is 5.75. The van der Waals surface area contributed by atoms with E-state index in [0.717, 1.165) is 11.1 Å². The van der Waals surface area contributed by atoms with Gasteiger partial charge in [0.05, 0.1) is 5.54 Å². The summed E-state index contributed by atoms with van der Waals surface area (Å²) in [7, 11) is 0. The molecule has 2 heteroatoms. The Labute approximate surface area is 102 Å². The first-order valence-electron chi connectivity index (χ1n) is 5.72. The number of benzene rings is 1. The molecule has 0 N–H and O–H groups in total. The molecule has 1 aliphatic rings. The van der Waals surface area contributed by atoms with Crippen LogP contribution in [0.15, 0.2) is 41.9 Å². The quantitative estimate of drug-likeness (QED) is 0.773. The van der Waals surface area contributed by atoms with Crippen molar-refractivity contribution in [1.29, 1.82) is 0 Å². The summed E-state index contributed by atoms with van der Waals surface area (Å²) in [5.41, 5.74) is 2.16. The molecule has 0 spiro atoms. The highest BCUT2D eigenvalue weighted by atomic mass is 16.5. The van der Waals surface area contributed by atoms with Gasteiger partial charge in [-0.15, -0.1) is 0 Å². The largest absolute Gasteiger partial charge is 0.475 e. The fraction of sp³-hybridized carbons (Fsp3) is 0.267. The van der Waals surface area contributed by atoms with Crippen molar-refractivity contribution in [2.24, 2.45) is 4.99 Å². The molecule has 88 valence electrons. The van der Waals surface area contributed by atoms with Gasteiger partial charge in [-0.25, -0.2) is 4.99 Å². The van der Waals surface area contributed by atoms with Crippen molar-refractivity contribution in [3.63, 3.8) is 0 Å². The molecule has 0 saturated heterocycles. The van der Waals surface area contributed by atoms with E-state index in [1.165, 1.54) is 0 Å². The van der Waals surface area contributed by atoms with Crippen LogP contribution in [0.25, 0.3) is 12.2 Å². The van der Waals surface area contributed by atoms with E-state index in [9.17, 15) is 0 Å². The predicted octanol–water partition coefficient (Wildman–Crippen LogP) is 3.55.